The highest BCUT2D eigenvalue weighted by Crippen LogP contribution is 2.44. The summed E-state index contributed by atoms with van der Waals surface area (Å²) in [4.78, 5) is 21.9. The minimum absolute atomic E-state index is 0.0456. The van der Waals surface area contributed by atoms with Crippen molar-refractivity contribution in [3.8, 4) is 5.88 Å². The number of pyridine rings is 1. The van der Waals surface area contributed by atoms with E-state index >= 15 is 0 Å². The van der Waals surface area contributed by atoms with Crippen molar-refractivity contribution in [1.29, 1.82) is 0 Å². The normalized spacial score (nSPS) is 18.0. The van der Waals surface area contributed by atoms with Gasteiger partial charge < -0.3 is 14.0 Å². The number of hydrogen-bond donors (Lipinski definition) is 0. The summed E-state index contributed by atoms with van der Waals surface area (Å²) in [6, 6.07) is 3.84. The zero-order valence-electron chi connectivity index (χ0n) is 17.4. The van der Waals surface area contributed by atoms with Crippen molar-refractivity contribution >= 4 is 5.78 Å². The Labute approximate surface area is 171 Å². The first-order valence-electron chi connectivity index (χ1n) is 10.5. The second-order valence-electron chi connectivity index (χ2n) is 8.85. The fourth-order valence-corrected chi connectivity index (χ4v) is 3.68. The molecule has 1 aliphatic carbocycles. The Morgan fingerprint density at radius 3 is 2.59 bits per heavy atom. The molecule has 0 spiro atoms. The van der Waals surface area contributed by atoms with Crippen molar-refractivity contribution in [1.82, 2.24) is 15.1 Å². The van der Waals surface area contributed by atoms with E-state index in [1.807, 2.05) is 26.0 Å². The van der Waals surface area contributed by atoms with E-state index in [2.05, 4.69) is 15.1 Å². The van der Waals surface area contributed by atoms with Crippen LogP contribution in [0.4, 0.5) is 0 Å². The number of ketones is 1. The summed E-state index contributed by atoms with van der Waals surface area (Å²) in [5.74, 6) is 2.60. The zero-order chi connectivity index (χ0) is 20.4. The zero-order valence-corrected chi connectivity index (χ0v) is 17.4. The maximum absolute atomic E-state index is 13.0. The average Bonchev–Trinajstić information content (AvgIpc) is 3.46. The summed E-state index contributed by atoms with van der Waals surface area (Å²) in [7, 11) is 0. The molecule has 156 valence electrons. The molecule has 2 aliphatic rings. The number of hydrogen-bond acceptors (Lipinski definition) is 7. The summed E-state index contributed by atoms with van der Waals surface area (Å²) in [5.41, 5.74) is 1.03. The molecule has 7 heteroatoms. The molecule has 2 aromatic heterocycles. The van der Waals surface area contributed by atoms with Crippen LogP contribution >= 0.6 is 0 Å². The minimum Gasteiger partial charge on any atom is -0.477 e. The quantitative estimate of drug-likeness (QED) is 0.620. The standard InChI is InChI=1S/C22H29N3O4/c1-14-23-21(25-29-14)22(2,3)12-19(26)18-7-6-17(16-4-5-16)20(24-18)28-13-15-8-10-27-11-9-15/h6-7,15-16H,4-5,8-13H2,1-3H3. The lowest BCUT2D eigenvalue weighted by Gasteiger charge is -2.23. The second kappa shape index (κ2) is 8.22. The van der Waals surface area contributed by atoms with Crippen molar-refractivity contribution in [3.63, 3.8) is 0 Å². The van der Waals surface area contributed by atoms with Crippen LogP contribution in [0.15, 0.2) is 16.7 Å². The van der Waals surface area contributed by atoms with Gasteiger partial charge in [-0.05, 0) is 43.6 Å². The van der Waals surface area contributed by atoms with Crippen LogP contribution in [-0.2, 0) is 10.2 Å². The Morgan fingerprint density at radius 2 is 1.93 bits per heavy atom. The lowest BCUT2D eigenvalue weighted by molar-refractivity contribution is 0.0488. The molecule has 7 nitrogen and oxygen atoms in total. The van der Waals surface area contributed by atoms with Gasteiger partial charge >= 0.3 is 0 Å². The van der Waals surface area contributed by atoms with Gasteiger partial charge in [-0.15, -0.1) is 0 Å². The number of nitrogens with zero attached hydrogens (tertiary/aromatic N) is 3. The van der Waals surface area contributed by atoms with Crippen LogP contribution in [-0.4, -0.2) is 40.7 Å². The lowest BCUT2D eigenvalue weighted by Crippen LogP contribution is -2.24. The second-order valence-corrected chi connectivity index (χ2v) is 8.85. The number of ether oxygens (including phenoxy) is 2. The van der Waals surface area contributed by atoms with Crippen LogP contribution in [0, 0.1) is 12.8 Å². The van der Waals surface area contributed by atoms with Crippen molar-refractivity contribution in [2.24, 2.45) is 5.92 Å². The molecule has 1 saturated carbocycles. The number of carbonyl (C=O) groups is 1. The average molecular weight is 399 g/mol. The van der Waals surface area contributed by atoms with E-state index in [1.54, 1.807) is 6.92 Å². The van der Waals surface area contributed by atoms with E-state index in [-0.39, 0.29) is 12.2 Å². The Balaban J connectivity index is 1.48. The molecule has 0 atom stereocenters. The third-order valence-corrected chi connectivity index (χ3v) is 5.72. The van der Waals surface area contributed by atoms with Gasteiger partial charge in [0.2, 0.25) is 11.8 Å². The van der Waals surface area contributed by atoms with Gasteiger partial charge in [0.25, 0.3) is 0 Å². The molecule has 29 heavy (non-hydrogen) atoms. The van der Waals surface area contributed by atoms with Crippen molar-refractivity contribution in [3.05, 3.63) is 35.1 Å². The van der Waals surface area contributed by atoms with Crippen LogP contribution in [0.1, 0.15) is 79.6 Å². The maximum atomic E-state index is 13.0. The molecule has 1 aliphatic heterocycles. The number of aromatic nitrogens is 3. The third-order valence-electron chi connectivity index (χ3n) is 5.72. The third kappa shape index (κ3) is 4.83. The Morgan fingerprint density at radius 1 is 1.17 bits per heavy atom. The number of aryl methyl sites for hydroxylation is 1. The number of carbonyl (C=O) groups excluding carboxylic acids is 1. The van der Waals surface area contributed by atoms with Crippen LogP contribution in [0.3, 0.4) is 0 Å². The van der Waals surface area contributed by atoms with Gasteiger partial charge in [-0.1, -0.05) is 25.1 Å². The first kappa shape index (κ1) is 20.0. The maximum Gasteiger partial charge on any atom is 0.223 e. The first-order chi connectivity index (χ1) is 13.9. The number of rotatable bonds is 8. The molecule has 0 amide bonds. The van der Waals surface area contributed by atoms with Crippen LogP contribution < -0.4 is 4.74 Å². The molecule has 0 N–H and O–H groups in total. The molecule has 0 aromatic carbocycles. The highest BCUT2D eigenvalue weighted by atomic mass is 16.5. The molecule has 1 saturated heterocycles. The fourth-order valence-electron chi connectivity index (χ4n) is 3.68. The van der Waals surface area contributed by atoms with E-state index in [1.165, 1.54) is 0 Å². The van der Waals surface area contributed by atoms with Gasteiger partial charge in [-0.2, -0.15) is 4.98 Å². The minimum atomic E-state index is -0.533. The van der Waals surface area contributed by atoms with Gasteiger partial charge in [-0.3, -0.25) is 4.79 Å². The van der Waals surface area contributed by atoms with Gasteiger partial charge in [0.1, 0.15) is 5.69 Å². The molecule has 2 aromatic rings. The molecule has 4 rings (SSSR count). The van der Waals surface area contributed by atoms with Crippen LogP contribution in [0.25, 0.3) is 0 Å². The Bertz CT molecular complexity index is 867. The van der Waals surface area contributed by atoms with Gasteiger partial charge in [-0.25, -0.2) is 4.98 Å². The van der Waals surface area contributed by atoms with Crippen LogP contribution in [0.5, 0.6) is 5.88 Å². The smallest absolute Gasteiger partial charge is 0.223 e. The van der Waals surface area contributed by atoms with Crippen molar-refractivity contribution < 1.29 is 18.8 Å². The van der Waals surface area contributed by atoms with Gasteiger partial charge in [0.15, 0.2) is 11.6 Å². The van der Waals surface area contributed by atoms with Gasteiger partial charge in [0, 0.05) is 37.5 Å². The van der Waals surface area contributed by atoms with E-state index in [0.29, 0.717) is 41.7 Å². The molecule has 3 heterocycles. The van der Waals surface area contributed by atoms with Crippen LogP contribution in [0.2, 0.25) is 0 Å². The largest absolute Gasteiger partial charge is 0.477 e. The molecular weight excluding hydrogens is 370 g/mol. The molecule has 0 bridgehead atoms. The Hall–Kier alpha value is -2.28. The van der Waals surface area contributed by atoms with E-state index < -0.39 is 5.41 Å². The first-order valence-corrected chi connectivity index (χ1v) is 10.5. The fraction of sp³-hybridized carbons (Fsp3) is 0.636. The molecule has 2 fully saturated rings. The van der Waals surface area contributed by atoms with Gasteiger partial charge in [0.05, 0.1) is 6.61 Å². The lowest BCUT2D eigenvalue weighted by atomic mass is 9.85. The monoisotopic (exact) mass is 399 g/mol. The summed E-state index contributed by atoms with van der Waals surface area (Å²) in [6.07, 6.45) is 4.59. The van der Waals surface area contributed by atoms with E-state index in [4.69, 9.17) is 14.0 Å². The van der Waals surface area contributed by atoms with Crippen molar-refractivity contribution in [2.45, 2.75) is 64.2 Å². The predicted octanol–water partition coefficient (Wildman–Crippen LogP) is 4.01. The highest BCUT2D eigenvalue weighted by Gasteiger charge is 2.32. The summed E-state index contributed by atoms with van der Waals surface area (Å²) in [6.45, 7) is 7.84. The topological polar surface area (TPSA) is 87.3 Å². The molecular formula is C22H29N3O4. The molecule has 0 unspecified atom stereocenters. The SMILES string of the molecule is Cc1nc(C(C)(C)CC(=O)c2ccc(C3CC3)c(OCC3CCOCC3)n2)no1. The van der Waals surface area contributed by atoms with Crippen molar-refractivity contribution in [2.75, 3.05) is 19.8 Å². The Kier molecular flexibility index (Phi) is 5.67. The number of Topliss-reactive ketones (excluding diaryl/α,β-unsaturated/α-hetero) is 1. The molecule has 0 radical (unpaired) electrons. The highest BCUT2D eigenvalue weighted by molar-refractivity contribution is 5.95. The van der Waals surface area contributed by atoms with E-state index in [9.17, 15) is 4.79 Å². The summed E-state index contributed by atoms with van der Waals surface area (Å²) in [5, 5.41) is 3.98. The van der Waals surface area contributed by atoms with E-state index in [0.717, 1.165) is 44.5 Å². The summed E-state index contributed by atoms with van der Waals surface area (Å²) >= 11 is 0. The predicted molar refractivity (Wildman–Crippen MR) is 106 cm³/mol. The summed E-state index contributed by atoms with van der Waals surface area (Å²) < 4.78 is 16.6.